The minimum absolute atomic E-state index is 0. The van der Waals surface area contributed by atoms with Gasteiger partial charge in [0, 0.05) is 0 Å². The molecule has 18 heteroatoms. The van der Waals surface area contributed by atoms with E-state index in [-0.39, 0.29) is 196 Å². The molecule has 0 aromatic carbocycles. The first-order valence-electron chi connectivity index (χ1n) is 4.71. The number of hydrogen-bond donors (Lipinski definition) is 0. The molecule has 0 unspecified atom stereocenters. The van der Waals surface area contributed by atoms with E-state index >= 15 is 0 Å². The fraction of sp³-hybridized carbons (Fsp3) is 1.00. The van der Waals surface area contributed by atoms with E-state index in [0.717, 1.165) is 0 Å². The fourth-order valence-corrected chi connectivity index (χ4v) is 0. The van der Waals surface area contributed by atoms with Gasteiger partial charge in [-0.05, 0) is 18.5 Å². The molecule has 0 amide bonds. The van der Waals surface area contributed by atoms with Crippen LogP contribution in [-0.4, -0.2) is 18.5 Å². The van der Waals surface area contributed by atoms with Crippen molar-refractivity contribution in [1.82, 2.24) is 0 Å². The summed E-state index contributed by atoms with van der Waals surface area (Å²) in [6.45, 7) is 3.96. The quantitative estimate of drug-likeness (QED) is 0.290. The Morgan fingerprint density at radius 3 is 0.500 bits per heavy atom. The van der Waals surface area contributed by atoms with E-state index in [4.69, 9.17) is 0 Å². The second-order valence-electron chi connectivity index (χ2n) is 2.78. The second kappa shape index (κ2) is 31.6. The molecule has 0 aliphatic heterocycles. The van der Waals surface area contributed by atoms with E-state index in [1.807, 2.05) is 0 Å². The van der Waals surface area contributed by atoms with Crippen LogP contribution in [0.25, 0.3) is 0 Å². The van der Waals surface area contributed by atoms with Gasteiger partial charge in [0.05, 0.1) is 0 Å². The van der Waals surface area contributed by atoms with Crippen molar-refractivity contribution in [3.8, 4) is 0 Å². The Kier molecular flexibility index (Phi) is 75.7. The minimum atomic E-state index is -4.15. The molecular formula is C6H15Na6O9P3. The molecule has 0 radical (unpaired) electrons. The summed E-state index contributed by atoms with van der Waals surface area (Å²) in [4.78, 5) is 56.8. The SMILES string of the molecule is CCP(=O)([O-])[O-].CCP(=O)([O-])[O-].CCP(=O)([O-])[O-].[Na+].[Na+].[Na+].[Na+].[Na+].[Na+]. The molecule has 0 fully saturated rings. The van der Waals surface area contributed by atoms with Crippen LogP contribution >= 0.6 is 22.8 Å². The third-order valence-corrected chi connectivity index (χ3v) is 3.49. The van der Waals surface area contributed by atoms with Gasteiger partial charge in [0.2, 0.25) is 0 Å². The number of rotatable bonds is 3. The Morgan fingerprint density at radius 2 is 0.500 bits per heavy atom. The molecule has 0 saturated carbocycles. The monoisotopic (exact) mass is 462 g/mol. The van der Waals surface area contributed by atoms with E-state index in [9.17, 15) is 43.1 Å². The zero-order valence-electron chi connectivity index (χ0n) is 16.1. The van der Waals surface area contributed by atoms with Crippen LogP contribution in [0.5, 0.6) is 0 Å². The summed E-state index contributed by atoms with van der Waals surface area (Å²) in [5.41, 5.74) is 0. The van der Waals surface area contributed by atoms with Gasteiger partial charge in [0.1, 0.15) is 0 Å². The molecule has 0 N–H and O–H groups in total. The molecule has 0 aromatic rings. The van der Waals surface area contributed by atoms with Crippen LogP contribution in [0.15, 0.2) is 0 Å². The van der Waals surface area contributed by atoms with Crippen LogP contribution in [0.1, 0.15) is 20.8 Å². The third kappa shape index (κ3) is 89.8. The molecule has 0 aromatic heterocycles. The molecule has 0 rings (SSSR count). The van der Waals surface area contributed by atoms with Gasteiger partial charge >= 0.3 is 177 Å². The average Bonchev–Trinajstić information content (AvgIpc) is 2.16. The summed E-state index contributed by atoms with van der Waals surface area (Å²) < 4.78 is 28.4. The topological polar surface area (TPSA) is 190 Å². The molecule has 0 aliphatic rings. The Bertz CT molecular complexity index is 290. The summed E-state index contributed by atoms with van der Waals surface area (Å²) in [5.74, 6) is 0. The van der Waals surface area contributed by atoms with Crippen molar-refractivity contribution < 1.29 is 220 Å². The molecular weight excluding hydrogens is 447 g/mol. The Labute approximate surface area is 276 Å². The van der Waals surface area contributed by atoms with E-state index in [2.05, 4.69) is 0 Å². The van der Waals surface area contributed by atoms with Crippen molar-refractivity contribution in [2.24, 2.45) is 0 Å². The molecule has 24 heavy (non-hydrogen) atoms. The zero-order valence-corrected chi connectivity index (χ0v) is 30.8. The molecule has 0 heterocycles. The molecule has 0 aliphatic carbocycles. The summed E-state index contributed by atoms with van der Waals surface area (Å²) >= 11 is 0. The molecule has 0 bridgehead atoms. The van der Waals surface area contributed by atoms with Crippen LogP contribution < -0.4 is 207 Å². The van der Waals surface area contributed by atoms with Gasteiger partial charge in [-0.1, -0.05) is 43.6 Å². The van der Waals surface area contributed by atoms with Gasteiger partial charge in [-0.3, -0.25) is 0 Å². The molecule has 114 valence electrons. The smallest absolute Gasteiger partial charge is 0.811 e. The summed E-state index contributed by atoms with van der Waals surface area (Å²) in [6, 6.07) is 0. The van der Waals surface area contributed by atoms with Crippen molar-refractivity contribution in [1.29, 1.82) is 0 Å². The van der Waals surface area contributed by atoms with Crippen molar-refractivity contribution in [3.63, 3.8) is 0 Å². The fourth-order valence-electron chi connectivity index (χ4n) is 0. The molecule has 9 nitrogen and oxygen atoms in total. The summed E-state index contributed by atoms with van der Waals surface area (Å²) in [6.07, 6.45) is -0.854. The van der Waals surface area contributed by atoms with Crippen LogP contribution in [0.2, 0.25) is 0 Å². The van der Waals surface area contributed by atoms with E-state index < -0.39 is 22.8 Å². The maximum Gasteiger partial charge on any atom is 1.00 e. The van der Waals surface area contributed by atoms with Crippen LogP contribution in [0.4, 0.5) is 0 Å². The Balaban J connectivity index is -0.0000000179. The van der Waals surface area contributed by atoms with Crippen molar-refractivity contribution in [2.45, 2.75) is 20.8 Å². The second-order valence-corrected chi connectivity index (χ2v) is 8.34. The van der Waals surface area contributed by atoms with Crippen molar-refractivity contribution >= 4 is 22.8 Å². The molecule has 0 spiro atoms. The first-order chi connectivity index (χ1) is 7.68. The summed E-state index contributed by atoms with van der Waals surface area (Å²) in [7, 11) is -12.4. The van der Waals surface area contributed by atoms with E-state index in [1.54, 1.807) is 0 Å². The van der Waals surface area contributed by atoms with Crippen LogP contribution in [0.3, 0.4) is 0 Å². The average molecular weight is 462 g/mol. The number of hydrogen-bond acceptors (Lipinski definition) is 9. The predicted molar refractivity (Wildman–Crippen MR) is 54.4 cm³/mol. The molecule has 0 saturated heterocycles. The van der Waals surface area contributed by atoms with Gasteiger partial charge in [-0.15, -0.1) is 0 Å². The minimum Gasteiger partial charge on any atom is -0.811 e. The predicted octanol–water partition coefficient (Wildman–Crippen LogP) is -21.2. The van der Waals surface area contributed by atoms with Gasteiger partial charge in [-0.2, -0.15) is 0 Å². The Hall–Kier alpha value is 6.45. The third-order valence-electron chi connectivity index (χ3n) is 1.16. The maximum absolute atomic E-state index is 9.47. The Morgan fingerprint density at radius 1 is 0.458 bits per heavy atom. The van der Waals surface area contributed by atoms with Crippen LogP contribution in [-0.2, 0) is 13.7 Å². The van der Waals surface area contributed by atoms with E-state index in [1.165, 1.54) is 20.8 Å². The molecule has 0 atom stereocenters. The van der Waals surface area contributed by atoms with Crippen molar-refractivity contribution in [3.05, 3.63) is 0 Å². The van der Waals surface area contributed by atoms with Crippen molar-refractivity contribution in [2.75, 3.05) is 18.5 Å². The van der Waals surface area contributed by atoms with E-state index in [0.29, 0.717) is 0 Å². The largest absolute Gasteiger partial charge is 1.00 e. The van der Waals surface area contributed by atoms with Crippen LogP contribution in [0, 0.1) is 0 Å². The first kappa shape index (κ1) is 57.4. The van der Waals surface area contributed by atoms with Gasteiger partial charge in [0.25, 0.3) is 0 Å². The standard InChI is InChI=1S/3C2H7O3P.6Na/c3*1-2-6(3,4)5;;;;;;/h3*2H2,1H3,(H2,3,4,5);;;;;;/q;;;6*+1/p-6. The maximum atomic E-state index is 9.47. The zero-order chi connectivity index (χ0) is 15.6. The first-order valence-corrected chi connectivity index (χ1v) is 9.90. The van der Waals surface area contributed by atoms with Gasteiger partial charge < -0.3 is 43.1 Å². The van der Waals surface area contributed by atoms with Gasteiger partial charge in [-0.25, -0.2) is 0 Å². The van der Waals surface area contributed by atoms with Gasteiger partial charge in [0.15, 0.2) is 0 Å². The summed E-state index contributed by atoms with van der Waals surface area (Å²) in [5, 5.41) is 0. The normalized spacial score (nSPS) is 8.88.